The Bertz CT molecular complexity index is 339. The van der Waals surface area contributed by atoms with Crippen molar-refractivity contribution in [3.8, 4) is 0 Å². The highest BCUT2D eigenvalue weighted by Crippen LogP contribution is 2.15. The molecule has 0 amide bonds. The second kappa shape index (κ2) is 4.67. The van der Waals surface area contributed by atoms with E-state index in [1.807, 2.05) is 30.3 Å². The second-order valence-corrected chi connectivity index (χ2v) is 3.01. The molecule has 1 aromatic rings. The van der Waals surface area contributed by atoms with Crippen molar-refractivity contribution in [1.82, 2.24) is 0 Å². The second-order valence-electron chi connectivity index (χ2n) is 2.61. The molecule has 0 saturated heterocycles. The molecule has 0 saturated carbocycles. The molecule has 1 rings (SSSR count). The predicted octanol–water partition coefficient (Wildman–Crippen LogP) is 2.69. The minimum Gasteiger partial charge on any atom is -0.387 e. The number of nitrogens with two attached hydrogens (primary N) is 1. The molecule has 0 unspecified atom stereocenters. The molecule has 2 N–H and O–H groups in total. The van der Waals surface area contributed by atoms with E-state index in [9.17, 15) is 0 Å². The Labute approximate surface area is 82.7 Å². The number of nitrogens with zero attached hydrogens (tertiary/aromatic N) is 1. The highest BCUT2D eigenvalue weighted by Gasteiger charge is 1.91. The van der Waals surface area contributed by atoms with E-state index in [2.05, 4.69) is 4.99 Å². The van der Waals surface area contributed by atoms with Gasteiger partial charge in [-0.2, -0.15) is 0 Å². The minimum atomic E-state index is 0.531. The summed E-state index contributed by atoms with van der Waals surface area (Å²) in [5, 5.41) is 0.712. The Morgan fingerprint density at radius 3 is 2.77 bits per heavy atom. The Kier molecular flexibility index (Phi) is 3.53. The average molecular weight is 195 g/mol. The van der Waals surface area contributed by atoms with E-state index in [1.165, 1.54) is 0 Å². The van der Waals surface area contributed by atoms with E-state index in [-0.39, 0.29) is 0 Å². The van der Waals surface area contributed by atoms with Gasteiger partial charge < -0.3 is 5.73 Å². The minimum absolute atomic E-state index is 0.531. The van der Waals surface area contributed by atoms with Gasteiger partial charge in [0.05, 0.1) is 5.84 Å². The first kappa shape index (κ1) is 9.81. The van der Waals surface area contributed by atoms with Crippen molar-refractivity contribution in [2.75, 3.05) is 0 Å². The van der Waals surface area contributed by atoms with E-state index in [4.69, 9.17) is 17.3 Å². The Morgan fingerprint density at radius 1 is 1.46 bits per heavy atom. The third-order valence-electron chi connectivity index (χ3n) is 1.44. The Hall–Kier alpha value is -1.28. The van der Waals surface area contributed by atoms with E-state index in [0.717, 1.165) is 5.56 Å². The van der Waals surface area contributed by atoms with Crippen LogP contribution >= 0.6 is 11.6 Å². The van der Waals surface area contributed by atoms with Crippen LogP contribution in [0, 0.1) is 0 Å². The van der Waals surface area contributed by atoms with Crippen LogP contribution in [0.1, 0.15) is 12.5 Å². The molecule has 3 heteroatoms. The molecule has 0 aromatic heterocycles. The summed E-state index contributed by atoms with van der Waals surface area (Å²) in [6.07, 6.45) is 3.45. The number of halogens is 1. The fourth-order valence-electron chi connectivity index (χ4n) is 0.845. The standard InChI is InChI=1S/C10H11ClN2/c1-8(12)13-7-6-9-4-2-3-5-10(9)11/h2-7H,1H3,(H2,12,13). The lowest BCUT2D eigenvalue weighted by atomic mass is 10.2. The van der Waals surface area contributed by atoms with Crippen LogP contribution in [0.4, 0.5) is 0 Å². The average Bonchev–Trinajstić information content (AvgIpc) is 2.08. The molecule has 0 aliphatic heterocycles. The van der Waals surface area contributed by atoms with Crippen molar-refractivity contribution in [3.63, 3.8) is 0 Å². The molecule has 68 valence electrons. The number of hydrogen-bond acceptors (Lipinski definition) is 1. The first-order valence-electron chi connectivity index (χ1n) is 3.91. The molecule has 13 heavy (non-hydrogen) atoms. The normalized spacial score (nSPS) is 12.3. The lowest BCUT2D eigenvalue weighted by Gasteiger charge is -1.94. The molecule has 0 bridgehead atoms. The number of rotatable bonds is 2. The summed E-state index contributed by atoms with van der Waals surface area (Å²) in [6.45, 7) is 1.73. The molecule has 2 nitrogen and oxygen atoms in total. The maximum absolute atomic E-state index is 5.91. The third-order valence-corrected chi connectivity index (χ3v) is 1.78. The van der Waals surface area contributed by atoms with Gasteiger partial charge in [0.25, 0.3) is 0 Å². The molecule has 0 atom stereocenters. The van der Waals surface area contributed by atoms with Crippen LogP contribution in [-0.4, -0.2) is 5.84 Å². The van der Waals surface area contributed by atoms with Gasteiger partial charge in [-0.3, -0.25) is 0 Å². The highest BCUT2D eigenvalue weighted by molar-refractivity contribution is 6.32. The molecule has 0 spiro atoms. The molecule has 0 radical (unpaired) electrons. The van der Waals surface area contributed by atoms with E-state index in [0.29, 0.717) is 10.9 Å². The monoisotopic (exact) mass is 194 g/mol. The highest BCUT2D eigenvalue weighted by atomic mass is 35.5. The number of amidine groups is 1. The molecule has 1 aromatic carbocycles. The van der Waals surface area contributed by atoms with Crippen molar-refractivity contribution in [3.05, 3.63) is 41.1 Å². The van der Waals surface area contributed by atoms with Gasteiger partial charge in [-0.05, 0) is 24.6 Å². The number of benzene rings is 1. The first-order chi connectivity index (χ1) is 6.20. The molecular weight excluding hydrogens is 184 g/mol. The Morgan fingerprint density at radius 2 is 2.15 bits per heavy atom. The topological polar surface area (TPSA) is 38.4 Å². The van der Waals surface area contributed by atoms with Gasteiger partial charge in [-0.15, -0.1) is 0 Å². The van der Waals surface area contributed by atoms with Gasteiger partial charge >= 0.3 is 0 Å². The summed E-state index contributed by atoms with van der Waals surface area (Å²) in [7, 11) is 0. The van der Waals surface area contributed by atoms with Gasteiger partial charge in [0.1, 0.15) is 0 Å². The van der Waals surface area contributed by atoms with Crippen LogP contribution in [0.5, 0.6) is 0 Å². The quantitative estimate of drug-likeness (QED) is 0.571. The van der Waals surface area contributed by atoms with Crippen LogP contribution in [0.15, 0.2) is 35.5 Å². The number of hydrogen-bond donors (Lipinski definition) is 1. The van der Waals surface area contributed by atoms with Gasteiger partial charge in [0.2, 0.25) is 0 Å². The lowest BCUT2D eigenvalue weighted by molar-refractivity contribution is 1.48. The van der Waals surface area contributed by atoms with E-state index < -0.39 is 0 Å². The van der Waals surface area contributed by atoms with Crippen LogP contribution < -0.4 is 5.73 Å². The zero-order valence-corrected chi connectivity index (χ0v) is 8.12. The molecule has 0 heterocycles. The fraction of sp³-hybridized carbons (Fsp3) is 0.100. The summed E-state index contributed by atoms with van der Waals surface area (Å²) in [5.41, 5.74) is 6.30. The van der Waals surface area contributed by atoms with E-state index >= 15 is 0 Å². The zero-order valence-electron chi connectivity index (χ0n) is 7.37. The van der Waals surface area contributed by atoms with E-state index in [1.54, 1.807) is 13.1 Å². The summed E-state index contributed by atoms with van der Waals surface area (Å²) in [6, 6.07) is 7.56. The van der Waals surface area contributed by atoms with Crippen LogP contribution in [0.25, 0.3) is 6.08 Å². The van der Waals surface area contributed by atoms with Crippen molar-refractivity contribution < 1.29 is 0 Å². The first-order valence-corrected chi connectivity index (χ1v) is 4.29. The van der Waals surface area contributed by atoms with Crippen molar-refractivity contribution in [2.45, 2.75) is 6.92 Å². The number of aliphatic imine (C=N–C) groups is 1. The van der Waals surface area contributed by atoms with Gasteiger partial charge in [-0.25, -0.2) is 4.99 Å². The molecule has 0 fully saturated rings. The van der Waals surface area contributed by atoms with Gasteiger partial charge in [0.15, 0.2) is 0 Å². The largest absolute Gasteiger partial charge is 0.387 e. The molecular formula is C10H11ClN2. The van der Waals surface area contributed by atoms with Crippen LogP contribution in [0.3, 0.4) is 0 Å². The van der Waals surface area contributed by atoms with Gasteiger partial charge in [-0.1, -0.05) is 29.8 Å². The summed E-state index contributed by atoms with van der Waals surface area (Å²) >= 11 is 5.91. The van der Waals surface area contributed by atoms with Crippen molar-refractivity contribution in [2.24, 2.45) is 10.7 Å². The smallest absolute Gasteiger partial charge is 0.0957 e. The van der Waals surface area contributed by atoms with Gasteiger partial charge in [0, 0.05) is 11.2 Å². The van der Waals surface area contributed by atoms with Crippen molar-refractivity contribution >= 4 is 23.5 Å². The summed E-state index contributed by atoms with van der Waals surface area (Å²) in [4.78, 5) is 3.92. The molecule has 0 aliphatic carbocycles. The zero-order chi connectivity index (χ0) is 9.68. The van der Waals surface area contributed by atoms with Crippen LogP contribution in [-0.2, 0) is 0 Å². The summed E-state index contributed by atoms with van der Waals surface area (Å²) in [5.74, 6) is 0.531. The third kappa shape index (κ3) is 3.30. The maximum atomic E-state index is 5.91. The fourth-order valence-corrected chi connectivity index (χ4v) is 1.04. The van der Waals surface area contributed by atoms with Crippen molar-refractivity contribution in [1.29, 1.82) is 0 Å². The SMILES string of the molecule is CC(N)=NC=Cc1ccccc1Cl. The summed E-state index contributed by atoms with van der Waals surface area (Å²) < 4.78 is 0. The molecule has 0 aliphatic rings. The Balaban J connectivity index is 2.80. The predicted molar refractivity (Wildman–Crippen MR) is 57.8 cm³/mol. The maximum Gasteiger partial charge on any atom is 0.0957 e. The van der Waals surface area contributed by atoms with Crippen LogP contribution in [0.2, 0.25) is 5.02 Å². The lowest BCUT2D eigenvalue weighted by Crippen LogP contribution is -2.03.